The third kappa shape index (κ3) is 11.6. The van der Waals surface area contributed by atoms with Crippen LogP contribution in [0, 0.1) is 16.0 Å². The van der Waals surface area contributed by atoms with E-state index >= 15 is 0 Å². The van der Waals surface area contributed by atoms with E-state index in [0.29, 0.717) is 12.1 Å². The summed E-state index contributed by atoms with van der Waals surface area (Å²) in [5.74, 6) is -2.38. The van der Waals surface area contributed by atoms with Gasteiger partial charge in [-0.15, -0.1) is 0 Å². The molecule has 3 atom stereocenters. The van der Waals surface area contributed by atoms with Crippen LogP contribution in [0.25, 0.3) is 0 Å². The third-order valence-electron chi connectivity index (χ3n) is 7.33. The molecule has 0 saturated carbocycles. The quantitative estimate of drug-likeness (QED) is 0.0492. The molecule has 0 aromatic heterocycles. The lowest BCUT2D eigenvalue weighted by Gasteiger charge is -2.35. The number of nitro benzene ring substituents is 1. The molecule has 15 heteroatoms. The number of amides is 4. The molecule has 0 aliphatic rings. The van der Waals surface area contributed by atoms with E-state index in [0.717, 1.165) is 5.56 Å². The number of para-hydroxylation sites is 1. The molecule has 0 radical (unpaired) electrons. The van der Waals surface area contributed by atoms with Crippen LogP contribution in [0.1, 0.15) is 39.2 Å². The third-order valence-corrected chi connectivity index (χ3v) is 7.33. The van der Waals surface area contributed by atoms with Gasteiger partial charge in [-0.1, -0.05) is 62.4 Å². The Morgan fingerprint density at radius 2 is 1.49 bits per heavy atom. The molecule has 3 aromatic rings. The van der Waals surface area contributed by atoms with Crippen LogP contribution in [0.4, 0.5) is 21.9 Å². The monoisotopic (exact) mass is 674 g/mol. The van der Waals surface area contributed by atoms with Gasteiger partial charge in [-0.3, -0.25) is 34.4 Å². The number of aliphatic imine (C=N–C) groups is 1. The maximum Gasteiger partial charge on any atom is 0.408 e. The zero-order valence-corrected chi connectivity index (χ0v) is 27.6. The van der Waals surface area contributed by atoms with Crippen LogP contribution in [-0.4, -0.2) is 59.4 Å². The molecule has 260 valence electrons. The Labute approximate surface area is 284 Å². The second kappa shape index (κ2) is 18.4. The SMILES string of the molecule is CC(C)[C@H](NC(=O)[C@H](C)NC(=O)OCc1ccccc1)C(=O)N(c1ccccc1)[C@@H](CCCN=C(N)N)C(=O)Nc1ccc([N+](=O)[O-])cc1. The first-order valence-electron chi connectivity index (χ1n) is 15.6. The topological polar surface area (TPSA) is 224 Å². The number of hydrogen-bond acceptors (Lipinski definition) is 8. The first kappa shape index (κ1) is 37.5. The molecule has 0 unspecified atom stereocenters. The molecule has 3 aromatic carbocycles. The van der Waals surface area contributed by atoms with Gasteiger partial charge in [0.2, 0.25) is 11.8 Å². The number of carbonyl (C=O) groups excluding carboxylic acids is 4. The van der Waals surface area contributed by atoms with E-state index in [1.54, 1.807) is 56.3 Å². The maximum absolute atomic E-state index is 14.5. The van der Waals surface area contributed by atoms with Crippen molar-refractivity contribution in [3.8, 4) is 0 Å². The number of nitrogens with two attached hydrogens (primary N) is 2. The number of nitro groups is 1. The molecule has 0 heterocycles. The number of carbonyl (C=O) groups is 4. The van der Waals surface area contributed by atoms with Crippen molar-refractivity contribution in [1.82, 2.24) is 10.6 Å². The Morgan fingerprint density at radius 1 is 0.878 bits per heavy atom. The molecule has 7 N–H and O–H groups in total. The van der Waals surface area contributed by atoms with Crippen LogP contribution in [0.15, 0.2) is 89.9 Å². The lowest BCUT2D eigenvalue weighted by atomic mass is 9.99. The molecule has 0 fully saturated rings. The number of hydrogen-bond donors (Lipinski definition) is 5. The van der Waals surface area contributed by atoms with Gasteiger partial charge in [0.1, 0.15) is 24.7 Å². The van der Waals surface area contributed by atoms with Crippen LogP contribution in [-0.2, 0) is 25.7 Å². The van der Waals surface area contributed by atoms with Crippen LogP contribution in [0.3, 0.4) is 0 Å². The summed E-state index contributed by atoms with van der Waals surface area (Å²) < 4.78 is 5.22. The zero-order valence-electron chi connectivity index (χ0n) is 27.6. The fourth-order valence-corrected chi connectivity index (χ4v) is 4.76. The predicted molar refractivity (Wildman–Crippen MR) is 185 cm³/mol. The van der Waals surface area contributed by atoms with Crippen molar-refractivity contribution < 1.29 is 28.8 Å². The van der Waals surface area contributed by atoms with Gasteiger partial charge in [0.25, 0.3) is 11.6 Å². The highest BCUT2D eigenvalue weighted by Crippen LogP contribution is 2.24. The van der Waals surface area contributed by atoms with Crippen LogP contribution >= 0.6 is 0 Å². The van der Waals surface area contributed by atoms with Crippen LogP contribution in [0.2, 0.25) is 0 Å². The number of guanidine groups is 1. The summed E-state index contributed by atoms with van der Waals surface area (Å²) >= 11 is 0. The summed E-state index contributed by atoms with van der Waals surface area (Å²) in [6.07, 6.45) is -0.397. The van der Waals surface area contributed by atoms with Gasteiger partial charge in [-0.05, 0) is 55.5 Å². The average Bonchev–Trinajstić information content (AvgIpc) is 3.08. The predicted octanol–water partition coefficient (Wildman–Crippen LogP) is 3.44. The summed E-state index contributed by atoms with van der Waals surface area (Å²) in [4.78, 5) is 70.0. The van der Waals surface area contributed by atoms with Crippen LogP contribution < -0.4 is 32.3 Å². The second-order valence-electron chi connectivity index (χ2n) is 11.5. The number of benzene rings is 3. The van der Waals surface area contributed by atoms with E-state index in [-0.39, 0.29) is 36.9 Å². The number of rotatable bonds is 16. The summed E-state index contributed by atoms with van der Waals surface area (Å²) in [6, 6.07) is 19.5. The van der Waals surface area contributed by atoms with Crippen molar-refractivity contribution in [1.29, 1.82) is 0 Å². The average molecular weight is 675 g/mol. The van der Waals surface area contributed by atoms with Crippen molar-refractivity contribution in [2.24, 2.45) is 22.4 Å². The van der Waals surface area contributed by atoms with E-state index in [1.165, 1.54) is 36.1 Å². The highest BCUT2D eigenvalue weighted by Gasteiger charge is 2.37. The van der Waals surface area contributed by atoms with Gasteiger partial charge in [-0.2, -0.15) is 0 Å². The molecule has 49 heavy (non-hydrogen) atoms. The fourth-order valence-electron chi connectivity index (χ4n) is 4.76. The molecular weight excluding hydrogens is 632 g/mol. The molecule has 0 aliphatic carbocycles. The molecule has 0 saturated heterocycles. The van der Waals surface area contributed by atoms with Crippen molar-refractivity contribution in [3.63, 3.8) is 0 Å². The number of nitrogens with zero attached hydrogens (tertiary/aromatic N) is 3. The van der Waals surface area contributed by atoms with Gasteiger partial charge in [-0.25, -0.2) is 4.79 Å². The molecule has 4 amide bonds. The van der Waals surface area contributed by atoms with E-state index in [2.05, 4.69) is 20.9 Å². The Balaban J connectivity index is 1.87. The highest BCUT2D eigenvalue weighted by molar-refractivity contribution is 6.07. The van der Waals surface area contributed by atoms with Crippen LogP contribution in [0.5, 0.6) is 0 Å². The standard InChI is InChI=1S/C34H42N8O7/c1-22(2)29(40-30(43)23(3)38-34(46)49-21-24-11-6-4-7-12-24)32(45)41(26-13-8-5-9-14-26)28(15-10-20-37-33(35)36)31(44)39-25-16-18-27(19-17-25)42(47)48/h4-9,11-14,16-19,22-23,28-29H,10,15,20-21H2,1-3H3,(H,38,46)(H,39,44)(H,40,43)(H4,35,36,37)/t23-,28-,29-/m0/s1. The van der Waals surface area contributed by atoms with Gasteiger partial charge in [0, 0.05) is 30.1 Å². The Morgan fingerprint density at radius 3 is 2.06 bits per heavy atom. The Kier molecular flexibility index (Phi) is 14.0. The van der Waals surface area contributed by atoms with Crippen molar-refractivity contribution in [2.75, 3.05) is 16.8 Å². The zero-order chi connectivity index (χ0) is 35.9. The van der Waals surface area contributed by atoms with Gasteiger partial charge in [0.15, 0.2) is 5.96 Å². The summed E-state index contributed by atoms with van der Waals surface area (Å²) in [5, 5.41) is 19.1. The number of non-ortho nitro benzene ring substituents is 1. The van der Waals surface area contributed by atoms with E-state index in [1.807, 2.05) is 18.2 Å². The van der Waals surface area contributed by atoms with Crippen molar-refractivity contribution in [2.45, 2.75) is 58.3 Å². The highest BCUT2D eigenvalue weighted by atomic mass is 16.6. The largest absolute Gasteiger partial charge is 0.445 e. The minimum atomic E-state index is -1.12. The minimum Gasteiger partial charge on any atom is -0.445 e. The van der Waals surface area contributed by atoms with Gasteiger partial charge >= 0.3 is 6.09 Å². The molecular formula is C34H42N8O7. The van der Waals surface area contributed by atoms with E-state index < -0.39 is 52.8 Å². The van der Waals surface area contributed by atoms with E-state index in [4.69, 9.17) is 16.2 Å². The summed E-state index contributed by atoms with van der Waals surface area (Å²) in [5.41, 5.74) is 12.2. The number of anilines is 2. The maximum atomic E-state index is 14.5. The Hall–Kier alpha value is -5.99. The number of nitrogens with one attached hydrogen (secondary N) is 3. The molecule has 0 spiro atoms. The second-order valence-corrected chi connectivity index (χ2v) is 11.5. The molecule has 0 bridgehead atoms. The lowest BCUT2D eigenvalue weighted by Crippen LogP contribution is -2.59. The van der Waals surface area contributed by atoms with Gasteiger partial charge < -0.3 is 32.2 Å². The summed E-state index contributed by atoms with van der Waals surface area (Å²) in [7, 11) is 0. The summed E-state index contributed by atoms with van der Waals surface area (Å²) in [6.45, 7) is 5.12. The number of alkyl carbamates (subject to hydrolysis) is 1. The molecule has 3 rings (SSSR count). The normalized spacial score (nSPS) is 12.5. The molecule has 15 nitrogen and oxygen atoms in total. The first-order valence-corrected chi connectivity index (χ1v) is 15.6. The fraction of sp³-hybridized carbons (Fsp3) is 0.324. The Bertz CT molecular complexity index is 1600. The molecule has 0 aliphatic heterocycles. The van der Waals surface area contributed by atoms with Crippen molar-refractivity contribution in [3.05, 3.63) is 101 Å². The van der Waals surface area contributed by atoms with Crippen molar-refractivity contribution >= 4 is 46.8 Å². The van der Waals surface area contributed by atoms with Gasteiger partial charge in [0.05, 0.1) is 4.92 Å². The number of ether oxygens (including phenoxy) is 1. The lowest BCUT2D eigenvalue weighted by molar-refractivity contribution is -0.384. The van der Waals surface area contributed by atoms with E-state index in [9.17, 15) is 29.3 Å². The minimum absolute atomic E-state index is 0.00661. The first-order chi connectivity index (χ1) is 23.4. The smallest absolute Gasteiger partial charge is 0.408 e.